The van der Waals surface area contributed by atoms with Crippen molar-refractivity contribution in [2.75, 3.05) is 5.73 Å². The number of fused-ring (bicyclic) bond motifs is 6. The van der Waals surface area contributed by atoms with E-state index in [1.807, 2.05) is 18.2 Å². The Balaban J connectivity index is 1.72. The second-order valence-electron chi connectivity index (χ2n) is 9.16. The number of ketones is 1. The van der Waals surface area contributed by atoms with Crippen molar-refractivity contribution < 1.29 is 19.4 Å². The molecule has 2 heterocycles. The van der Waals surface area contributed by atoms with Crippen molar-refractivity contribution in [3.8, 4) is 5.75 Å². The van der Waals surface area contributed by atoms with Crippen LogP contribution in [0.5, 0.6) is 5.75 Å². The lowest BCUT2D eigenvalue weighted by Crippen LogP contribution is -2.54. The van der Waals surface area contributed by atoms with Gasteiger partial charge in [-0.25, -0.2) is 4.68 Å². The number of ether oxygens (including phenoxy) is 1. The highest BCUT2D eigenvalue weighted by molar-refractivity contribution is 6.14. The number of hydrogen-bond acceptors (Lipinski definition) is 6. The van der Waals surface area contributed by atoms with Crippen molar-refractivity contribution in [2.45, 2.75) is 31.1 Å². The average Bonchev–Trinajstić information content (AvgIpc) is 3.39. The molecule has 5 N–H and O–H groups in total. The Bertz CT molecular complexity index is 1560. The number of aliphatic hydroxyl groups is 1. The molecule has 2 aliphatic rings. The minimum Gasteiger partial charge on any atom is -0.454 e. The highest BCUT2D eigenvalue weighted by atomic mass is 16.6. The average molecular weight is 454 g/mol. The predicted molar refractivity (Wildman–Crippen MR) is 126 cm³/mol. The summed E-state index contributed by atoms with van der Waals surface area (Å²) in [5.74, 6) is -2.43. The number of carbonyl (C=O) groups is 2. The molecule has 0 bridgehead atoms. The van der Waals surface area contributed by atoms with E-state index in [0.29, 0.717) is 27.8 Å². The third kappa shape index (κ3) is 2.23. The number of benzene rings is 3. The van der Waals surface area contributed by atoms with Gasteiger partial charge in [0.05, 0.1) is 17.3 Å². The molecular formula is C26H22N4O4. The Morgan fingerprint density at radius 1 is 1.12 bits per heavy atom. The number of primary amides is 1. The monoisotopic (exact) mass is 454 g/mol. The Morgan fingerprint density at radius 2 is 1.91 bits per heavy atom. The first kappa shape index (κ1) is 20.4. The topological polar surface area (TPSA) is 133 Å². The van der Waals surface area contributed by atoms with E-state index in [4.69, 9.17) is 16.2 Å². The molecular weight excluding hydrogens is 432 g/mol. The minimum absolute atomic E-state index is 0.209. The van der Waals surface area contributed by atoms with Gasteiger partial charge in [0.25, 0.3) is 5.79 Å². The molecule has 1 aromatic heterocycles. The van der Waals surface area contributed by atoms with Crippen molar-refractivity contribution >= 4 is 28.3 Å². The molecule has 0 fully saturated rings. The molecule has 8 heteroatoms. The molecule has 0 saturated carbocycles. The largest absolute Gasteiger partial charge is 0.454 e. The summed E-state index contributed by atoms with van der Waals surface area (Å²) in [7, 11) is 0. The van der Waals surface area contributed by atoms with Crippen LogP contribution < -0.4 is 16.2 Å². The Kier molecular flexibility index (Phi) is 3.88. The lowest BCUT2D eigenvalue weighted by molar-refractivity contribution is -0.172. The summed E-state index contributed by atoms with van der Waals surface area (Å²) in [5.41, 5.74) is 13.0. The van der Waals surface area contributed by atoms with Crippen molar-refractivity contribution in [3.63, 3.8) is 0 Å². The molecule has 6 rings (SSSR count). The first-order chi connectivity index (χ1) is 16.2. The third-order valence-electron chi connectivity index (χ3n) is 7.00. The summed E-state index contributed by atoms with van der Waals surface area (Å²) in [6.45, 7) is 4.11. The maximum Gasteiger partial charge on any atom is 0.273 e. The summed E-state index contributed by atoms with van der Waals surface area (Å²) in [6.07, 6.45) is 1.54. The Hall–Kier alpha value is -4.17. The van der Waals surface area contributed by atoms with Crippen molar-refractivity contribution in [3.05, 3.63) is 88.6 Å². The highest BCUT2D eigenvalue weighted by Crippen LogP contribution is 2.61. The molecule has 0 spiro atoms. The summed E-state index contributed by atoms with van der Waals surface area (Å²) in [6, 6.07) is 15.4. The van der Waals surface area contributed by atoms with Gasteiger partial charge in [-0.2, -0.15) is 5.10 Å². The second-order valence-corrected chi connectivity index (χ2v) is 9.16. The first-order valence-electron chi connectivity index (χ1n) is 11.0. The van der Waals surface area contributed by atoms with Crippen LogP contribution in [0.3, 0.4) is 0 Å². The van der Waals surface area contributed by atoms with Gasteiger partial charge in [-0.3, -0.25) is 9.59 Å². The van der Waals surface area contributed by atoms with Crippen LogP contribution >= 0.6 is 0 Å². The van der Waals surface area contributed by atoms with Gasteiger partial charge >= 0.3 is 0 Å². The minimum atomic E-state index is -2.08. The van der Waals surface area contributed by atoms with Crippen molar-refractivity contribution in [1.29, 1.82) is 0 Å². The van der Waals surface area contributed by atoms with Crippen LogP contribution in [0.4, 0.5) is 5.69 Å². The van der Waals surface area contributed by atoms with Crippen LogP contribution in [-0.2, 0) is 11.3 Å². The summed E-state index contributed by atoms with van der Waals surface area (Å²) in [4.78, 5) is 26.0. The van der Waals surface area contributed by atoms with Crippen molar-refractivity contribution in [1.82, 2.24) is 9.78 Å². The van der Waals surface area contributed by atoms with E-state index < -0.39 is 23.0 Å². The molecule has 1 amide bonds. The van der Waals surface area contributed by atoms with Gasteiger partial charge in [-0.15, -0.1) is 0 Å². The molecule has 1 aliphatic heterocycles. The lowest BCUT2D eigenvalue weighted by atomic mass is 9.82. The fourth-order valence-corrected chi connectivity index (χ4v) is 5.32. The number of nitrogen functional groups attached to an aromatic ring is 1. The van der Waals surface area contributed by atoms with E-state index in [0.717, 1.165) is 5.56 Å². The van der Waals surface area contributed by atoms with Gasteiger partial charge in [0.15, 0.2) is 0 Å². The van der Waals surface area contributed by atoms with Gasteiger partial charge in [0.1, 0.15) is 5.75 Å². The molecule has 2 atom stereocenters. The molecule has 2 unspecified atom stereocenters. The second kappa shape index (κ2) is 6.45. The van der Waals surface area contributed by atoms with Gasteiger partial charge in [0.2, 0.25) is 17.2 Å². The van der Waals surface area contributed by atoms with E-state index in [9.17, 15) is 14.7 Å². The number of nitrogens with zero attached hydrogens (tertiary/aromatic N) is 2. The lowest BCUT2D eigenvalue weighted by Gasteiger charge is -2.34. The number of hydrogen-bond donors (Lipinski definition) is 3. The number of rotatable bonds is 3. The predicted octanol–water partition coefficient (Wildman–Crippen LogP) is 3.02. The quantitative estimate of drug-likeness (QED) is 0.408. The maximum absolute atomic E-state index is 14.3. The molecule has 4 aromatic rings. The molecule has 8 nitrogen and oxygen atoms in total. The van der Waals surface area contributed by atoms with Crippen LogP contribution in [0.1, 0.15) is 57.2 Å². The molecule has 0 saturated heterocycles. The summed E-state index contributed by atoms with van der Waals surface area (Å²) < 4.78 is 7.73. The zero-order valence-electron chi connectivity index (χ0n) is 18.6. The molecule has 34 heavy (non-hydrogen) atoms. The fourth-order valence-electron chi connectivity index (χ4n) is 5.32. The number of aromatic nitrogens is 2. The molecule has 3 aromatic carbocycles. The fraction of sp³-hybridized carbons (Fsp3) is 0.192. The summed E-state index contributed by atoms with van der Waals surface area (Å²) >= 11 is 0. The van der Waals surface area contributed by atoms with E-state index in [1.165, 1.54) is 10.9 Å². The number of nitrogens with two attached hydrogens (primary N) is 2. The number of Topliss-reactive ketones (excluding diaryl/α,β-unsaturated/α-hetero) is 1. The third-order valence-corrected chi connectivity index (χ3v) is 7.00. The summed E-state index contributed by atoms with van der Waals surface area (Å²) in [5, 5.41) is 17.4. The number of anilines is 1. The van der Waals surface area contributed by atoms with Crippen molar-refractivity contribution in [2.24, 2.45) is 5.73 Å². The smallest absolute Gasteiger partial charge is 0.273 e. The molecule has 1 aliphatic carbocycles. The standard InChI is InChI=1S/C26H22N4O4/c1-13(2)14-6-8-17-21(11-14)34-26(33)18-4-3-5-19(27)22(18)23(31)25(17,26)30-20-9-7-15(24(28)32)10-16(20)12-29-30/h3-13,33H,27H2,1-2H3,(H2,28,32). The zero-order valence-corrected chi connectivity index (χ0v) is 18.6. The van der Waals surface area contributed by atoms with Crippen LogP contribution in [0.2, 0.25) is 0 Å². The van der Waals surface area contributed by atoms with Crippen LogP contribution in [0, 0.1) is 0 Å². The Labute approximate surface area is 194 Å². The first-order valence-corrected chi connectivity index (χ1v) is 11.0. The number of amides is 1. The number of carbonyl (C=O) groups excluding carboxylic acids is 2. The SMILES string of the molecule is CC(C)c1ccc2c(c1)OC1(O)c3cccc(N)c3C(=O)C21n1ncc2cc(C(N)=O)ccc21. The van der Waals surface area contributed by atoms with Crippen LogP contribution in [0.25, 0.3) is 10.9 Å². The molecule has 0 radical (unpaired) electrons. The van der Waals surface area contributed by atoms with Gasteiger partial charge in [-0.05, 0) is 41.8 Å². The van der Waals surface area contributed by atoms with Crippen LogP contribution in [0.15, 0.2) is 60.8 Å². The normalized spacial score (nSPS) is 22.5. The van der Waals surface area contributed by atoms with Gasteiger partial charge in [0, 0.05) is 27.8 Å². The maximum atomic E-state index is 14.3. The van der Waals surface area contributed by atoms with Crippen LogP contribution in [-0.4, -0.2) is 26.6 Å². The van der Waals surface area contributed by atoms with E-state index >= 15 is 0 Å². The van der Waals surface area contributed by atoms with E-state index in [2.05, 4.69) is 18.9 Å². The highest BCUT2D eigenvalue weighted by Gasteiger charge is 2.73. The zero-order chi connectivity index (χ0) is 24.0. The van der Waals surface area contributed by atoms with Gasteiger partial charge in [-0.1, -0.05) is 38.1 Å². The van der Waals surface area contributed by atoms with E-state index in [-0.39, 0.29) is 22.7 Å². The van der Waals surface area contributed by atoms with Gasteiger partial charge < -0.3 is 21.3 Å². The Morgan fingerprint density at radius 3 is 2.65 bits per heavy atom. The molecule has 170 valence electrons. The van der Waals surface area contributed by atoms with E-state index in [1.54, 1.807) is 36.4 Å².